The zero-order chi connectivity index (χ0) is 14.7. The number of rotatable bonds is 5. The molecule has 0 radical (unpaired) electrons. The van der Waals surface area contributed by atoms with E-state index in [4.69, 9.17) is 11.8 Å². The monoisotopic (exact) mass is 309 g/mol. The quantitative estimate of drug-likeness (QED) is 0.657. The molecule has 3 nitrogen and oxygen atoms in total. The lowest BCUT2D eigenvalue weighted by atomic mass is 10.3. The number of halogens is 7. The Kier molecular flexibility index (Phi) is 4.75. The van der Waals surface area contributed by atoms with Gasteiger partial charge in [0.05, 0.1) is 0 Å². The van der Waals surface area contributed by atoms with Crippen molar-refractivity contribution in [2.24, 2.45) is 0 Å². The summed E-state index contributed by atoms with van der Waals surface area (Å²) in [6.07, 6.45) is -14.3. The number of hydrogen-bond donors (Lipinski definition) is 1. The fourth-order valence-corrected chi connectivity index (χ4v) is 1.10. The van der Waals surface area contributed by atoms with Gasteiger partial charge < -0.3 is 4.74 Å². The van der Waals surface area contributed by atoms with Gasteiger partial charge in [-0.1, -0.05) is 0 Å². The van der Waals surface area contributed by atoms with Crippen molar-refractivity contribution in [3.8, 4) is 5.75 Å². The Morgan fingerprint density at radius 3 is 2.00 bits per heavy atom. The molecule has 0 fully saturated rings. The zero-order valence-corrected chi connectivity index (χ0v) is 9.60. The van der Waals surface area contributed by atoms with Gasteiger partial charge in [-0.25, -0.2) is 9.13 Å². The van der Waals surface area contributed by atoms with Crippen LogP contribution in [-0.4, -0.2) is 18.8 Å². The van der Waals surface area contributed by atoms with Gasteiger partial charge in [-0.15, -0.1) is 13.2 Å². The molecule has 19 heavy (non-hydrogen) atoms. The van der Waals surface area contributed by atoms with E-state index in [0.717, 1.165) is 12.1 Å². The van der Waals surface area contributed by atoms with E-state index in [2.05, 4.69) is 14.3 Å². The summed E-state index contributed by atoms with van der Waals surface area (Å²) in [5.41, 5.74) is 0.320. The number of benzene rings is 1. The number of nitrogens with one attached hydrogen (secondary N) is 1. The SMILES string of the molecule is FC(OC(F)(F)F)C(F)(F)Oc1ccc(NCl)cc1. The Balaban J connectivity index is 2.71. The third kappa shape index (κ3) is 5.03. The first kappa shape index (κ1) is 15.7. The molecule has 1 unspecified atom stereocenters. The van der Waals surface area contributed by atoms with Crippen LogP contribution in [0.25, 0.3) is 0 Å². The summed E-state index contributed by atoms with van der Waals surface area (Å²) in [4.78, 5) is 2.15. The van der Waals surface area contributed by atoms with Crippen molar-refractivity contribution in [2.75, 3.05) is 4.84 Å². The molecular formula is C9H6ClF6NO2. The number of hydrogen-bond acceptors (Lipinski definition) is 3. The van der Waals surface area contributed by atoms with Crippen molar-refractivity contribution in [3.05, 3.63) is 24.3 Å². The second kappa shape index (κ2) is 5.74. The lowest BCUT2D eigenvalue weighted by Crippen LogP contribution is -2.41. The maximum atomic E-state index is 13.0. The second-order valence-electron chi connectivity index (χ2n) is 3.16. The normalized spacial score (nSPS) is 14.1. The Morgan fingerprint density at radius 1 is 1.05 bits per heavy atom. The summed E-state index contributed by atoms with van der Waals surface area (Å²) >= 11 is 5.19. The molecule has 10 heteroatoms. The predicted molar refractivity (Wildman–Crippen MR) is 53.5 cm³/mol. The molecule has 0 saturated heterocycles. The first-order chi connectivity index (χ1) is 8.64. The van der Waals surface area contributed by atoms with Crippen LogP contribution in [-0.2, 0) is 4.74 Å². The van der Waals surface area contributed by atoms with Crippen molar-refractivity contribution in [3.63, 3.8) is 0 Å². The average Bonchev–Trinajstić information content (AvgIpc) is 2.27. The van der Waals surface area contributed by atoms with E-state index in [9.17, 15) is 26.3 Å². The van der Waals surface area contributed by atoms with Gasteiger partial charge in [0.25, 0.3) is 0 Å². The first-order valence-electron chi connectivity index (χ1n) is 4.56. The molecule has 1 aromatic rings. The summed E-state index contributed by atoms with van der Waals surface area (Å²) in [5.74, 6) is -0.561. The van der Waals surface area contributed by atoms with E-state index in [0.29, 0.717) is 5.69 Å². The average molecular weight is 310 g/mol. The minimum absolute atomic E-state index is 0.320. The highest BCUT2D eigenvalue weighted by molar-refractivity contribution is 6.23. The Labute approximate surface area is 108 Å². The Hall–Kier alpha value is -1.35. The number of anilines is 1. The van der Waals surface area contributed by atoms with Gasteiger partial charge in [0.2, 0.25) is 0 Å². The van der Waals surface area contributed by atoms with Gasteiger partial charge >= 0.3 is 18.8 Å². The van der Waals surface area contributed by atoms with Crippen LogP contribution in [0.15, 0.2) is 24.3 Å². The fraction of sp³-hybridized carbons (Fsp3) is 0.333. The highest BCUT2D eigenvalue weighted by Crippen LogP contribution is 2.32. The van der Waals surface area contributed by atoms with Gasteiger partial charge in [0, 0.05) is 17.5 Å². The maximum Gasteiger partial charge on any atom is 0.525 e. The molecule has 0 aliphatic carbocycles. The molecule has 0 heterocycles. The topological polar surface area (TPSA) is 30.5 Å². The minimum Gasteiger partial charge on any atom is -0.429 e. The highest BCUT2D eigenvalue weighted by Gasteiger charge is 2.50. The molecule has 1 atom stereocenters. The number of ether oxygens (including phenoxy) is 2. The van der Waals surface area contributed by atoms with Crippen molar-refractivity contribution in [2.45, 2.75) is 18.8 Å². The summed E-state index contributed by atoms with van der Waals surface area (Å²) in [7, 11) is 0. The van der Waals surface area contributed by atoms with E-state index < -0.39 is 24.6 Å². The molecule has 0 spiro atoms. The molecule has 1 aromatic carbocycles. The molecule has 0 saturated carbocycles. The molecule has 0 amide bonds. The van der Waals surface area contributed by atoms with Crippen LogP contribution >= 0.6 is 11.8 Å². The first-order valence-corrected chi connectivity index (χ1v) is 4.94. The standard InChI is InChI=1S/C9H6ClF6NO2/c10-17-5-1-3-6(4-2-5)18-8(12,13)7(11)19-9(14,15)16/h1-4,7,17H. The van der Waals surface area contributed by atoms with Gasteiger partial charge in [-0.2, -0.15) is 8.78 Å². The summed E-state index contributed by atoms with van der Waals surface area (Å²) in [6.45, 7) is 0. The fourth-order valence-electron chi connectivity index (χ4n) is 0.975. The highest BCUT2D eigenvalue weighted by atomic mass is 35.5. The molecule has 0 aliphatic heterocycles. The third-order valence-corrected chi connectivity index (χ3v) is 1.94. The molecule has 0 aliphatic rings. The molecular weight excluding hydrogens is 304 g/mol. The molecule has 108 valence electrons. The summed E-state index contributed by atoms with van der Waals surface area (Å²) in [6, 6.07) is 4.30. The molecule has 0 bridgehead atoms. The second-order valence-corrected chi connectivity index (χ2v) is 3.35. The predicted octanol–water partition coefficient (Wildman–Crippen LogP) is 4.06. The van der Waals surface area contributed by atoms with Crippen molar-refractivity contribution >= 4 is 17.5 Å². The Morgan fingerprint density at radius 2 is 1.58 bits per heavy atom. The van der Waals surface area contributed by atoms with Gasteiger partial charge in [-0.3, -0.25) is 4.84 Å². The molecule has 1 N–H and O–H groups in total. The van der Waals surface area contributed by atoms with Crippen molar-refractivity contribution in [1.29, 1.82) is 0 Å². The summed E-state index contributed by atoms with van der Waals surface area (Å²) < 4.78 is 79.7. The van der Waals surface area contributed by atoms with E-state index in [1.165, 1.54) is 12.1 Å². The molecule has 1 rings (SSSR count). The largest absolute Gasteiger partial charge is 0.525 e. The van der Waals surface area contributed by atoms with Crippen LogP contribution in [0.5, 0.6) is 5.75 Å². The molecule has 0 aromatic heterocycles. The lowest BCUT2D eigenvalue weighted by Gasteiger charge is -2.22. The van der Waals surface area contributed by atoms with Crippen LogP contribution in [0, 0.1) is 0 Å². The van der Waals surface area contributed by atoms with Gasteiger partial charge in [-0.05, 0) is 24.3 Å². The van der Waals surface area contributed by atoms with Crippen LogP contribution in [0.4, 0.5) is 32.0 Å². The van der Waals surface area contributed by atoms with E-state index in [-0.39, 0.29) is 0 Å². The summed E-state index contributed by atoms with van der Waals surface area (Å²) in [5, 5.41) is 0. The van der Waals surface area contributed by atoms with Crippen molar-refractivity contribution in [1.82, 2.24) is 0 Å². The van der Waals surface area contributed by atoms with Crippen LogP contribution in [0.1, 0.15) is 0 Å². The van der Waals surface area contributed by atoms with Crippen LogP contribution in [0.3, 0.4) is 0 Å². The zero-order valence-electron chi connectivity index (χ0n) is 8.85. The Bertz CT molecular complexity index is 410. The van der Waals surface area contributed by atoms with Gasteiger partial charge in [0.15, 0.2) is 0 Å². The number of alkyl halides is 6. The van der Waals surface area contributed by atoms with Crippen LogP contribution < -0.4 is 9.57 Å². The van der Waals surface area contributed by atoms with E-state index in [1.807, 2.05) is 0 Å². The van der Waals surface area contributed by atoms with Crippen LogP contribution in [0.2, 0.25) is 0 Å². The minimum atomic E-state index is -5.54. The lowest BCUT2D eigenvalue weighted by molar-refractivity contribution is -0.411. The van der Waals surface area contributed by atoms with Crippen molar-refractivity contribution < 1.29 is 35.8 Å². The van der Waals surface area contributed by atoms with Gasteiger partial charge in [0.1, 0.15) is 5.75 Å². The maximum absolute atomic E-state index is 13.0. The van der Waals surface area contributed by atoms with E-state index in [1.54, 1.807) is 0 Å². The third-order valence-electron chi connectivity index (χ3n) is 1.72. The van der Waals surface area contributed by atoms with E-state index >= 15 is 0 Å². The smallest absolute Gasteiger partial charge is 0.429 e.